The summed E-state index contributed by atoms with van der Waals surface area (Å²) in [5, 5.41) is 17.3. The Kier molecular flexibility index (Phi) is 4.33. The van der Waals surface area contributed by atoms with Gasteiger partial charge in [0, 0.05) is 0 Å². The van der Waals surface area contributed by atoms with E-state index in [-0.39, 0.29) is 0 Å². The maximum absolute atomic E-state index is 10.6. The smallest absolute Gasteiger partial charge is 0.307 e. The predicted octanol–water partition coefficient (Wildman–Crippen LogP) is 1.21. The molecule has 0 aromatic carbocycles. The molecular weight excluding hydrogens is 160 g/mol. The molecule has 0 heterocycles. The van der Waals surface area contributed by atoms with E-state index in [0.717, 1.165) is 0 Å². The van der Waals surface area contributed by atoms with Crippen molar-refractivity contribution in [2.45, 2.75) is 26.7 Å². The predicted molar refractivity (Wildman–Crippen MR) is 42.8 cm³/mol. The van der Waals surface area contributed by atoms with E-state index in [2.05, 4.69) is 0 Å². The molecule has 0 saturated carbocycles. The lowest BCUT2D eigenvalue weighted by molar-refractivity contribution is -0.154. The van der Waals surface area contributed by atoms with E-state index in [0.29, 0.717) is 12.8 Å². The van der Waals surface area contributed by atoms with E-state index in [4.69, 9.17) is 10.2 Å². The maximum Gasteiger partial charge on any atom is 0.307 e. The first-order valence-corrected chi connectivity index (χ1v) is 4.00. The second kappa shape index (κ2) is 4.74. The van der Waals surface area contributed by atoms with Crippen LogP contribution in [0, 0.1) is 11.8 Å². The highest BCUT2D eigenvalue weighted by molar-refractivity contribution is 5.79. The summed E-state index contributed by atoms with van der Waals surface area (Å²) in [4.78, 5) is 21.1. The van der Waals surface area contributed by atoms with Crippen LogP contribution < -0.4 is 0 Å². The van der Waals surface area contributed by atoms with Gasteiger partial charge in [-0.3, -0.25) is 9.59 Å². The van der Waals surface area contributed by atoms with Gasteiger partial charge in [-0.15, -0.1) is 0 Å². The van der Waals surface area contributed by atoms with Crippen LogP contribution in [0.1, 0.15) is 26.7 Å². The van der Waals surface area contributed by atoms with Crippen molar-refractivity contribution in [3.05, 3.63) is 0 Å². The van der Waals surface area contributed by atoms with Crippen molar-refractivity contribution in [2.75, 3.05) is 0 Å². The molecule has 0 amide bonds. The highest BCUT2D eigenvalue weighted by atomic mass is 16.4. The summed E-state index contributed by atoms with van der Waals surface area (Å²) in [5.41, 5.74) is 0. The van der Waals surface area contributed by atoms with Gasteiger partial charge in [0.25, 0.3) is 0 Å². The molecule has 4 nitrogen and oxygen atoms in total. The molecule has 4 heteroatoms. The molecule has 0 aromatic heterocycles. The average Bonchev–Trinajstić information content (AvgIpc) is 1.98. The molecule has 70 valence electrons. The third-order valence-electron chi connectivity index (χ3n) is 2.00. The van der Waals surface area contributed by atoms with E-state index >= 15 is 0 Å². The Morgan fingerprint density at radius 3 is 1.33 bits per heavy atom. The van der Waals surface area contributed by atoms with Crippen LogP contribution in [0.4, 0.5) is 0 Å². The third-order valence-corrected chi connectivity index (χ3v) is 2.00. The lowest BCUT2D eigenvalue weighted by Crippen LogP contribution is -2.28. The summed E-state index contributed by atoms with van der Waals surface area (Å²) in [6.45, 7) is 3.37. The van der Waals surface area contributed by atoms with Crippen LogP contribution >= 0.6 is 0 Å². The van der Waals surface area contributed by atoms with Gasteiger partial charge in [-0.1, -0.05) is 13.8 Å². The molecule has 2 atom stereocenters. The first-order chi connectivity index (χ1) is 5.54. The average molecular weight is 174 g/mol. The normalized spacial score (nSPS) is 15.2. The molecular formula is C8H14O4. The summed E-state index contributed by atoms with van der Waals surface area (Å²) in [6.07, 6.45) is 0.723. The van der Waals surface area contributed by atoms with E-state index in [1.165, 1.54) is 0 Å². The SMILES string of the molecule is CC[C@@H](C(=O)O)[C@@H](CC)C(=O)O. The molecule has 0 aliphatic heterocycles. The van der Waals surface area contributed by atoms with Gasteiger partial charge < -0.3 is 10.2 Å². The van der Waals surface area contributed by atoms with E-state index < -0.39 is 23.8 Å². The van der Waals surface area contributed by atoms with E-state index in [1.54, 1.807) is 13.8 Å². The van der Waals surface area contributed by atoms with Gasteiger partial charge in [0.05, 0.1) is 11.8 Å². The van der Waals surface area contributed by atoms with Crippen LogP contribution in [0.25, 0.3) is 0 Å². The molecule has 0 spiro atoms. The first-order valence-electron chi connectivity index (χ1n) is 4.00. The van der Waals surface area contributed by atoms with Gasteiger partial charge in [-0.05, 0) is 12.8 Å². The van der Waals surface area contributed by atoms with Gasteiger partial charge >= 0.3 is 11.9 Å². The monoisotopic (exact) mass is 174 g/mol. The highest BCUT2D eigenvalue weighted by Crippen LogP contribution is 2.19. The maximum atomic E-state index is 10.6. The topological polar surface area (TPSA) is 74.6 Å². The van der Waals surface area contributed by atoms with E-state index in [9.17, 15) is 9.59 Å². The van der Waals surface area contributed by atoms with Gasteiger partial charge in [0.1, 0.15) is 0 Å². The fraction of sp³-hybridized carbons (Fsp3) is 0.750. The first kappa shape index (κ1) is 10.9. The number of aliphatic carboxylic acids is 2. The molecule has 0 bridgehead atoms. The second-order valence-corrected chi connectivity index (χ2v) is 2.71. The minimum atomic E-state index is -1.02. The molecule has 2 N–H and O–H groups in total. The van der Waals surface area contributed by atoms with Crippen LogP contribution in [0.15, 0.2) is 0 Å². The Labute approximate surface area is 71.2 Å². The van der Waals surface area contributed by atoms with Gasteiger partial charge in [-0.2, -0.15) is 0 Å². The van der Waals surface area contributed by atoms with Crippen LogP contribution in [0.5, 0.6) is 0 Å². The standard InChI is InChI=1S/C8H14O4/c1-3-5(7(9)10)6(4-2)8(11)12/h5-6H,3-4H2,1-2H3,(H,9,10)(H,11,12)/t5-,6-/m1/s1. The number of hydrogen-bond donors (Lipinski definition) is 2. The fourth-order valence-electron chi connectivity index (χ4n) is 1.26. The Bertz CT molecular complexity index is 156. The van der Waals surface area contributed by atoms with Crippen LogP contribution in [0.2, 0.25) is 0 Å². The van der Waals surface area contributed by atoms with E-state index in [1.807, 2.05) is 0 Å². The van der Waals surface area contributed by atoms with Crippen molar-refractivity contribution in [2.24, 2.45) is 11.8 Å². The van der Waals surface area contributed by atoms with Crippen molar-refractivity contribution < 1.29 is 19.8 Å². The largest absolute Gasteiger partial charge is 0.481 e. The molecule has 0 fully saturated rings. The summed E-state index contributed by atoms with van der Waals surface area (Å²) in [6, 6.07) is 0. The summed E-state index contributed by atoms with van der Waals surface area (Å²) in [5.74, 6) is -3.56. The molecule has 12 heavy (non-hydrogen) atoms. The van der Waals surface area contributed by atoms with Crippen LogP contribution in [-0.2, 0) is 9.59 Å². The van der Waals surface area contributed by atoms with Gasteiger partial charge in [0.2, 0.25) is 0 Å². The summed E-state index contributed by atoms with van der Waals surface area (Å²) < 4.78 is 0. The lowest BCUT2D eigenvalue weighted by Gasteiger charge is -2.16. The van der Waals surface area contributed by atoms with Crippen molar-refractivity contribution in [3.63, 3.8) is 0 Å². The summed E-state index contributed by atoms with van der Waals surface area (Å²) in [7, 11) is 0. The lowest BCUT2D eigenvalue weighted by atomic mass is 9.88. The molecule has 0 aliphatic rings. The fourth-order valence-corrected chi connectivity index (χ4v) is 1.26. The number of rotatable bonds is 5. The third kappa shape index (κ3) is 2.53. The number of hydrogen-bond acceptors (Lipinski definition) is 2. The van der Waals surface area contributed by atoms with Gasteiger partial charge in [0.15, 0.2) is 0 Å². The molecule has 0 radical (unpaired) electrons. The number of carboxylic acid groups (broad SMARTS) is 2. The summed E-state index contributed by atoms with van der Waals surface area (Å²) >= 11 is 0. The second-order valence-electron chi connectivity index (χ2n) is 2.71. The minimum absolute atomic E-state index is 0.361. The van der Waals surface area contributed by atoms with Crippen LogP contribution in [-0.4, -0.2) is 22.2 Å². The Morgan fingerprint density at radius 2 is 1.25 bits per heavy atom. The number of carboxylic acids is 2. The zero-order valence-electron chi connectivity index (χ0n) is 7.28. The van der Waals surface area contributed by atoms with Crippen molar-refractivity contribution >= 4 is 11.9 Å². The molecule has 0 aliphatic carbocycles. The van der Waals surface area contributed by atoms with Gasteiger partial charge in [-0.25, -0.2) is 0 Å². The Hall–Kier alpha value is -1.06. The van der Waals surface area contributed by atoms with Crippen molar-refractivity contribution in [1.82, 2.24) is 0 Å². The zero-order chi connectivity index (χ0) is 9.72. The number of carbonyl (C=O) groups is 2. The van der Waals surface area contributed by atoms with Crippen molar-refractivity contribution in [3.8, 4) is 0 Å². The zero-order valence-corrected chi connectivity index (χ0v) is 7.28. The Morgan fingerprint density at radius 1 is 1.00 bits per heavy atom. The quantitative estimate of drug-likeness (QED) is 0.656. The molecule has 0 aromatic rings. The molecule has 0 rings (SSSR count). The minimum Gasteiger partial charge on any atom is -0.481 e. The highest BCUT2D eigenvalue weighted by Gasteiger charge is 2.30. The Balaban J connectivity index is 4.44. The van der Waals surface area contributed by atoms with Crippen molar-refractivity contribution in [1.29, 1.82) is 0 Å². The van der Waals surface area contributed by atoms with Crippen LogP contribution in [0.3, 0.4) is 0 Å². The molecule has 0 unspecified atom stereocenters. The molecule has 0 saturated heterocycles.